The molecule has 11 nitrogen and oxygen atoms in total. The highest BCUT2D eigenvalue weighted by molar-refractivity contribution is 7.19. The van der Waals surface area contributed by atoms with Gasteiger partial charge < -0.3 is 20.1 Å². The van der Waals surface area contributed by atoms with Gasteiger partial charge in [0.25, 0.3) is 11.8 Å². The lowest BCUT2D eigenvalue weighted by molar-refractivity contribution is -0.154. The van der Waals surface area contributed by atoms with Gasteiger partial charge in [-0.05, 0) is 44.4 Å². The summed E-state index contributed by atoms with van der Waals surface area (Å²) in [5, 5.41) is 5.32. The van der Waals surface area contributed by atoms with Gasteiger partial charge in [-0.1, -0.05) is 31.0 Å². The number of hydrogen-bond acceptors (Lipinski definition) is 9. The maximum Gasteiger partial charge on any atom is 0.341 e. The van der Waals surface area contributed by atoms with Crippen molar-refractivity contribution in [1.29, 1.82) is 0 Å². The molecule has 2 aromatic rings. The minimum Gasteiger partial charge on any atom is -0.462 e. The van der Waals surface area contributed by atoms with Crippen LogP contribution in [0.5, 0.6) is 0 Å². The van der Waals surface area contributed by atoms with Crippen LogP contribution in [0.1, 0.15) is 58.2 Å². The van der Waals surface area contributed by atoms with E-state index in [4.69, 9.17) is 9.47 Å². The Balaban J connectivity index is 1.40. The molecule has 0 spiro atoms. The molecule has 1 aliphatic carbocycles. The minimum atomic E-state index is -0.901. The van der Waals surface area contributed by atoms with E-state index in [-0.39, 0.29) is 45.7 Å². The second-order valence-corrected chi connectivity index (χ2v) is 10.3. The summed E-state index contributed by atoms with van der Waals surface area (Å²) in [6.45, 7) is 2.01. The van der Waals surface area contributed by atoms with E-state index >= 15 is 0 Å². The summed E-state index contributed by atoms with van der Waals surface area (Å²) in [5.41, 5.74) is 0.905. The molecular formula is C27H29N3O8S. The third-order valence-corrected chi connectivity index (χ3v) is 7.91. The van der Waals surface area contributed by atoms with Crippen molar-refractivity contribution in [3.8, 4) is 0 Å². The minimum absolute atomic E-state index is 0.0237. The zero-order valence-electron chi connectivity index (χ0n) is 21.6. The fourth-order valence-electron chi connectivity index (χ4n) is 4.85. The average molecular weight is 556 g/mol. The van der Waals surface area contributed by atoms with Crippen LogP contribution >= 0.6 is 11.3 Å². The number of carbonyl (C=O) groups excluding carboxylic acids is 6. The summed E-state index contributed by atoms with van der Waals surface area (Å²) in [4.78, 5) is 76.8. The number of rotatable bonds is 9. The highest BCUT2D eigenvalue weighted by Crippen LogP contribution is 2.38. The fraction of sp³-hybridized carbons (Fsp3) is 0.407. The van der Waals surface area contributed by atoms with Crippen LogP contribution in [0.15, 0.2) is 30.3 Å². The Morgan fingerprint density at radius 2 is 1.62 bits per heavy atom. The van der Waals surface area contributed by atoms with E-state index in [1.165, 1.54) is 0 Å². The van der Waals surface area contributed by atoms with Gasteiger partial charge in [-0.3, -0.25) is 28.9 Å². The van der Waals surface area contributed by atoms with Crippen molar-refractivity contribution in [1.82, 2.24) is 4.90 Å². The number of thiophene rings is 1. The van der Waals surface area contributed by atoms with E-state index in [0.29, 0.717) is 24.1 Å². The van der Waals surface area contributed by atoms with Crippen molar-refractivity contribution < 1.29 is 38.2 Å². The topological polar surface area (TPSA) is 148 Å². The van der Waals surface area contributed by atoms with Crippen molar-refractivity contribution >= 4 is 57.6 Å². The van der Waals surface area contributed by atoms with Crippen LogP contribution in [0.25, 0.3) is 0 Å². The monoisotopic (exact) mass is 555 g/mol. The van der Waals surface area contributed by atoms with Crippen LogP contribution in [0.4, 0.5) is 10.7 Å². The number of likely N-dealkylation sites (tertiary alicyclic amines) is 1. The molecule has 2 N–H and O–H groups in total. The maximum atomic E-state index is 12.9. The summed E-state index contributed by atoms with van der Waals surface area (Å²) in [5.74, 6) is -4.38. The number of hydrogen-bond donors (Lipinski definition) is 2. The van der Waals surface area contributed by atoms with Crippen LogP contribution in [0.2, 0.25) is 0 Å². The number of fused-ring (bicyclic) bond motifs is 1. The second-order valence-electron chi connectivity index (χ2n) is 9.27. The zero-order valence-corrected chi connectivity index (χ0v) is 22.4. The van der Waals surface area contributed by atoms with E-state index in [1.807, 2.05) is 0 Å². The van der Waals surface area contributed by atoms with Gasteiger partial charge in [0.05, 0.1) is 28.9 Å². The second kappa shape index (κ2) is 12.2. The third-order valence-electron chi connectivity index (χ3n) is 6.70. The number of nitrogens with zero attached hydrogens (tertiary/aromatic N) is 1. The predicted octanol–water partition coefficient (Wildman–Crippen LogP) is 3.14. The van der Waals surface area contributed by atoms with E-state index in [1.54, 1.807) is 44.2 Å². The van der Waals surface area contributed by atoms with Crippen LogP contribution in [-0.2, 0) is 28.7 Å². The predicted molar refractivity (Wildman–Crippen MR) is 141 cm³/mol. The summed E-state index contributed by atoms with van der Waals surface area (Å²) in [6.07, 6.45) is 2.98. The van der Waals surface area contributed by atoms with Crippen LogP contribution in [0.3, 0.4) is 0 Å². The smallest absolute Gasteiger partial charge is 0.341 e. The Morgan fingerprint density at radius 1 is 0.974 bits per heavy atom. The number of anilines is 2. The van der Waals surface area contributed by atoms with E-state index in [2.05, 4.69) is 10.6 Å². The molecule has 2 fully saturated rings. The Bertz CT molecular complexity index is 1280. The molecule has 1 saturated carbocycles. The Hall–Kier alpha value is -4.06. The van der Waals surface area contributed by atoms with Gasteiger partial charge in [0, 0.05) is 5.69 Å². The van der Waals surface area contributed by atoms with Gasteiger partial charge in [-0.2, -0.15) is 0 Å². The van der Waals surface area contributed by atoms with Gasteiger partial charge in [0.1, 0.15) is 11.5 Å². The third kappa shape index (κ3) is 6.17. The first-order chi connectivity index (χ1) is 18.7. The molecule has 0 unspecified atom stereocenters. The number of nitrogens with one attached hydrogen (secondary N) is 2. The lowest BCUT2D eigenvalue weighted by Gasteiger charge is -2.19. The summed E-state index contributed by atoms with van der Waals surface area (Å²) in [6, 6.07) is 8.74. The van der Waals surface area contributed by atoms with E-state index in [9.17, 15) is 28.8 Å². The van der Waals surface area contributed by atoms with Crippen molar-refractivity contribution in [2.75, 3.05) is 30.4 Å². The molecular weight excluding hydrogens is 526 g/mol. The van der Waals surface area contributed by atoms with Crippen LogP contribution in [-0.4, -0.2) is 60.2 Å². The number of amides is 4. The quantitative estimate of drug-likeness (QED) is 0.354. The molecule has 0 bridgehead atoms. The largest absolute Gasteiger partial charge is 0.462 e. The lowest BCUT2D eigenvalue weighted by Crippen LogP contribution is -2.37. The van der Waals surface area contributed by atoms with Crippen molar-refractivity contribution in [3.05, 3.63) is 46.3 Å². The summed E-state index contributed by atoms with van der Waals surface area (Å²) < 4.78 is 10.1. The zero-order chi connectivity index (χ0) is 28.1. The fourth-order valence-corrected chi connectivity index (χ4v) is 5.95. The number of ether oxygens (including phenoxy) is 2. The lowest BCUT2D eigenvalue weighted by atomic mass is 9.81. The maximum absolute atomic E-state index is 12.9. The molecule has 1 aromatic carbocycles. The highest BCUT2D eigenvalue weighted by atomic mass is 32.1. The Kier molecular flexibility index (Phi) is 8.75. The first-order valence-electron chi connectivity index (χ1n) is 12.7. The number of imide groups is 1. The van der Waals surface area contributed by atoms with Gasteiger partial charge in [-0.15, -0.1) is 11.3 Å². The standard InChI is InChI=1S/C27H29N3O8S/c1-3-37-27(36)21-15(2)22(23(33)28-16-9-5-4-6-10-16)39-24(21)29-19(31)14-38-20(32)13-30-25(34)17-11-7-8-12-18(17)26(30)35/h4-6,9-10,17-18H,3,7-8,11-14H2,1-2H3,(H,28,33)(H,29,31)/t17-,18+. The molecule has 2 heterocycles. The summed E-state index contributed by atoms with van der Waals surface area (Å²) >= 11 is 0.885. The molecule has 2 aliphatic rings. The highest BCUT2D eigenvalue weighted by Gasteiger charge is 2.48. The molecule has 4 amide bonds. The number of para-hydroxylation sites is 1. The van der Waals surface area contributed by atoms with Crippen molar-refractivity contribution in [2.45, 2.75) is 39.5 Å². The normalized spacial score (nSPS) is 18.4. The van der Waals surface area contributed by atoms with Gasteiger partial charge in [0.2, 0.25) is 11.8 Å². The van der Waals surface area contributed by atoms with E-state index < -0.39 is 36.9 Å². The number of esters is 2. The SMILES string of the molecule is CCOC(=O)c1c(NC(=O)COC(=O)CN2C(=O)[C@H]3CCCC[C@H]3C2=O)sc(C(=O)Nc2ccccc2)c1C. The molecule has 12 heteroatoms. The molecule has 1 aromatic heterocycles. The molecule has 1 aliphatic heterocycles. The van der Waals surface area contributed by atoms with E-state index in [0.717, 1.165) is 29.1 Å². The molecule has 1 saturated heterocycles. The van der Waals surface area contributed by atoms with Crippen molar-refractivity contribution in [2.24, 2.45) is 11.8 Å². The Morgan fingerprint density at radius 3 is 2.23 bits per heavy atom. The van der Waals surface area contributed by atoms with Gasteiger partial charge in [-0.25, -0.2) is 4.79 Å². The van der Waals surface area contributed by atoms with Crippen LogP contribution < -0.4 is 10.6 Å². The molecule has 206 valence electrons. The van der Waals surface area contributed by atoms with Crippen molar-refractivity contribution in [3.63, 3.8) is 0 Å². The molecule has 2 atom stereocenters. The Labute approximate surface area is 228 Å². The van der Waals surface area contributed by atoms with Gasteiger partial charge >= 0.3 is 11.9 Å². The number of benzene rings is 1. The van der Waals surface area contributed by atoms with Gasteiger partial charge in [0.15, 0.2) is 6.61 Å². The molecule has 4 rings (SSSR count). The first kappa shape index (κ1) is 28.0. The molecule has 0 radical (unpaired) electrons. The average Bonchev–Trinajstić information content (AvgIpc) is 3.37. The number of carbonyl (C=O) groups is 6. The molecule has 39 heavy (non-hydrogen) atoms. The summed E-state index contributed by atoms with van der Waals surface area (Å²) in [7, 11) is 0. The van der Waals surface area contributed by atoms with Crippen LogP contribution in [0, 0.1) is 18.8 Å². The first-order valence-corrected chi connectivity index (χ1v) is 13.5.